The van der Waals surface area contributed by atoms with Crippen molar-refractivity contribution >= 4 is 28.6 Å². The number of nitrogen functional groups attached to an aromatic ring is 1. The molecule has 0 aliphatic rings. The van der Waals surface area contributed by atoms with Gasteiger partial charge in [-0.05, 0) is 25.1 Å². The molecule has 2 rings (SSSR count). The molecule has 0 bridgehead atoms. The summed E-state index contributed by atoms with van der Waals surface area (Å²) in [5.41, 5.74) is 6.85. The van der Waals surface area contributed by atoms with Crippen molar-refractivity contribution in [1.29, 1.82) is 5.26 Å². The normalized spacial score (nSPS) is 9.78. The lowest BCUT2D eigenvalue weighted by Crippen LogP contribution is -2.11. The second kappa shape index (κ2) is 4.85. The van der Waals surface area contributed by atoms with Crippen LogP contribution in [0.1, 0.15) is 20.2 Å². The van der Waals surface area contributed by atoms with Crippen molar-refractivity contribution in [3.63, 3.8) is 0 Å². The van der Waals surface area contributed by atoms with Crippen molar-refractivity contribution in [3.8, 4) is 6.07 Å². The number of aromatic nitrogens is 1. The Bertz CT molecular complexity index is 642. The number of aryl methyl sites for hydroxylation is 1. The Morgan fingerprint density at radius 3 is 2.94 bits per heavy atom. The number of thiazole rings is 1. The summed E-state index contributed by atoms with van der Waals surface area (Å²) in [7, 11) is 0. The van der Waals surface area contributed by atoms with Crippen LogP contribution < -0.4 is 11.1 Å². The largest absolute Gasteiger partial charge is 0.399 e. The molecule has 0 radical (unpaired) electrons. The first-order chi connectivity index (χ1) is 8.60. The van der Waals surface area contributed by atoms with E-state index in [4.69, 9.17) is 11.0 Å². The van der Waals surface area contributed by atoms with Crippen LogP contribution in [-0.2, 0) is 0 Å². The number of hydrogen-bond donors (Lipinski definition) is 2. The molecule has 0 aliphatic carbocycles. The number of nitrogens with zero attached hydrogens (tertiary/aromatic N) is 2. The van der Waals surface area contributed by atoms with Crippen LogP contribution in [0.4, 0.5) is 11.4 Å². The Kier molecular flexibility index (Phi) is 3.26. The number of nitrogens with two attached hydrogens (primary N) is 1. The fraction of sp³-hybridized carbons (Fsp3) is 0.0833. The SMILES string of the molecule is Cc1ncc(C(=O)Nc2ccc(N)cc2C#N)s1. The van der Waals surface area contributed by atoms with E-state index >= 15 is 0 Å². The van der Waals surface area contributed by atoms with Crippen molar-refractivity contribution in [3.05, 3.63) is 39.8 Å². The quantitative estimate of drug-likeness (QED) is 0.807. The smallest absolute Gasteiger partial charge is 0.267 e. The molecule has 0 spiro atoms. The van der Waals surface area contributed by atoms with Gasteiger partial charge in [0.25, 0.3) is 5.91 Å². The minimum absolute atomic E-state index is 0.276. The third kappa shape index (κ3) is 2.47. The fourth-order valence-electron chi connectivity index (χ4n) is 1.41. The van der Waals surface area contributed by atoms with Crippen LogP contribution in [0.15, 0.2) is 24.4 Å². The van der Waals surface area contributed by atoms with Crippen LogP contribution in [0.3, 0.4) is 0 Å². The monoisotopic (exact) mass is 258 g/mol. The molecule has 2 aromatic rings. The lowest BCUT2D eigenvalue weighted by atomic mass is 10.1. The lowest BCUT2D eigenvalue weighted by molar-refractivity contribution is 0.103. The highest BCUT2D eigenvalue weighted by atomic mass is 32.1. The molecular formula is C12H10N4OS. The Labute approximate surface area is 108 Å². The summed E-state index contributed by atoms with van der Waals surface area (Å²) in [4.78, 5) is 16.4. The first kappa shape index (κ1) is 12.1. The molecule has 1 heterocycles. The number of nitrogens with one attached hydrogen (secondary N) is 1. The second-order valence-electron chi connectivity index (χ2n) is 3.61. The van der Waals surface area contributed by atoms with Crippen LogP contribution in [-0.4, -0.2) is 10.9 Å². The number of carbonyl (C=O) groups excluding carboxylic acids is 1. The summed E-state index contributed by atoms with van der Waals surface area (Å²) >= 11 is 1.30. The van der Waals surface area contributed by atoms with Crippen LogP contribution in [0.2, 0.25) is 0 Å². The molecular weight excluding hydrogens is 248 g/mol. The maximum Gasteiger partial charge on any atom is 0.267 e. The van der Waals surface area contributed by atoms with E-state index in [1.807, 2.05) is 13.0 Å². The molecule has 0 saturated heterocycles. The minimum Gasteiger partial charge on any atom is -0.399 e. The van der Waals surface area contributed by atoms with Crippen molar-refractivity contribution in [1.82, 2.24) is 4.98 Å². The molecule has 0 aliphatic heterocycles. The predicted molar refractivity (Wildman–Crippen MR) is 70.4 cm³/mol. The number of nitriles is 1. The van der Waals surface area contributed by atoms with Crippen molar-refractivity contribution in [2.24, 2.45) is 0 Å². The molecule has 1 aromatic heterocycles. The van der Waals surface area contributed by atoms with E-state index in [9.17, 15) is 4.79 Å². The first-order valence-corrected chi connectivity index (χ1v) is 5.95. The Balaban J connectivity index is 2.25. The number of carbonyl (C=O) groups is 1. The number of anilines is 2. The number of hydrogen-bond acceptors (Lipinski definition) is 5. The molecule has 1 aromatic carbocycles. The Hall–Kier alpha value is -2.39. The average molecular weight is 258 g/mol. The van der Waals surface area contributed by atoms with Gasteiger partial charge in [-0.3, -0.25) is 4.79 Å². The maximum absolute atomic E-state index is 11.9. The first-order valence-electron chi connectivity index (χ1n) is 5.13. The van der Waals surface area contributed by atoms with E-state index < -0.39 is 0 Å². The van der Waals surface area contributed by atoms with Gasteiger partial charge in [0.15, 0.2) is 0 Å². The third-order valence-corrected chi connectivity index (χ3v) is 3.17. The number of benzene rings is 1. The molecule has 1 amide bonds. The standard InChI is InChI=1S/C12H10N4OS/c1-7-15-6-11(18-7)12(17)16-10-3-2-9(14)4-8(10)5-13/h2-4,6H,14H2,1H3,(H,16,17). The van der Waals surface area contributed by atoms with Gasteiger partial charge >= 0.3 is 0 Å². The van der Waals surface area contributed by atoms with Crippen LogP contribution >= 0.6 is 11.3 Å². The Morgan fingerprint density at radius 2 is 2.33 bits per heavy atom. The summed E-state index contributed by atoms with van der Waals surface area (Å²) < 4.78 is 0. The van der Waals surface area contributed by atoms with Gasteiger partial charge in [-0.15, -0.1) is 11.3 Å². The van der Waals surface area contributed by atoms with E-state index in [0.29, 0.717) is 21.8 Å². The molecule has 0 unspecified atom stereocenters. The fourth-order valence-corrected chi connectivity index (χ4v) is 2.09. The molecule has 0 atom stereocenters. The van der Waals surface area contributed by atoms with Gasteiger partial charge in [0.05, 0.1) is 22.5 Å². The van der Waals surface area contributed by atoms with Crippen molar-refractivity contribution in [2.75, 3.05) is 11.1 Å². The predicted octanol–water partition coefficient (Wildman–Crippen LogP) is 2.16. The summed E-state index contributed by atoms with van der Waals surface area (Å²) in [5, 5.41) is 12.5. The molecule has 0 fully saturated rings. The van der Waals surface area contributed by atoms with Gasteiger partial charge in [-0.1, -0.05) is 0 Å². The van der Waals surface area contributed by atoms with Gasteiger partial charge < -0.3 is 11.1 Å². The third-order valence-electron chi connectivity index (χ3n) is 2.26. The zero-order valence-corrected chi connectivity index (χ0v) is 10.4. The Morgan fingerprint density at radius 1 is 1.56 bits per heavy atom. The van der Waals surface area contributed by atoms with E-state index in [2.05, 4.69) is 10.3 Å². The summed E-state index contributed by atoms with van der Waals surface area (Å²) in [6, 6.07) is 6.76. The summed E-state index contributed by atoms with van der Waals surface area (Å²) in [6.45, 7) is 1.82. The minimum atomic E-state index is -0.276. The van der Waals surface area contributed by atoms with Crippen LogP contribution in [0, 0.1) is 18.3 Å². The van der Waals surface area contributed by atoms with E-state index in [-0.39, 0.29) is 5.91 Å². The molecule has 18 heavy (non-hydrogen) atoms. The van der Waals surface area contributed by atoms with E-state index in [0.717, 1.165) is 5.01 Å². The highest BCUT2D eigenvalue weighted by Crippen LogP contribution is 2.20. The average Bonchev–Trinajstić information content (AvgIpc) is 2.78. The molecule has 6 heteroatoms. The van der Waals surface area contributed by atoms with Crippen LogP contribution in [0.25, 0.3) is 0 Å². The topological polar surface area (TPSA) is 91.8 Å². The van der Waals surface area contributed by atoms with Gasteiger partial charge in [-0.25, -0.2) is 4.98 Å². The molecule has 0 saturated carbocycles. The van der Waals surface area contributed by atoms with E-state index in [1.54, 1.807) is 12.1 Å². The molecule has 3 N–H and O–H groups in total. The van der Waals surface area contributed by atoms with Gasteiger partial charge in [-0.2, -0.15) is 5.26 Å². The van der Waals surface area contributed by atoms with Gasteiger partial charge in [0.1, 0.15) is 10.9 Å². The zero-order chi connectivity index (χ0) is 13.1. The maximum atomic E-state index is 11.9. The highest BCUT2D eigenvalue weighted by molar-refractivity contribution is 7.13. The molecule has 90 valence electrons. The summed E-state index contributed by atoms with van der Waals surface area (Å²) in [5.74, 6) is -0.276. The van der Waals surface area contributed by atoms with Crippen molar-refractivity contribution < 1.29 is 4.79 Å². The number of amides is 1. The lowest BCUT2D eigenvalue weighted by Gasteiger charge is -2.06. The summed E-state index contributed by atoms with van der Waals surface area (Å²) in [6.07, 6.45) is 1.51. The van der Waals surface area contributed by atoms with Crippen LogP contribution in [0.5, 0.6) is 0 Å². The zero-order valence-electron chi connectivity index (χ0n) is 9.60. The second-order valence-corrected chi connectivity index (χ2v) is 4.85. The van der Waals surface area contributed by atoms with Gasteiger partial charge in [0, 0.05) is 5.69 Å². The van der Waals surface area contributed by atoms with E-state index in [1.165, 1.54) is 23.6 Å². The number of rotatable bonds is 2. The van der Waals surface area contributed by atoms with Crippen molar-refractivity contribution in [2.45, 2.75) is 6.92 Å². The molecule has 5 nitrogen and oxygen atoms in total. The highest BCUT2D eigenvalue weighted by Gasteiger charge is 2.11. The van der Waals surface area contributed by atoms with Gasteiger partial charge in [0.2, 0.25) is 0 Å².